The Morgan fingerprint density at radius 2 is 1.83 bits per heavy atom. The van der Waals surface area contributed by atoms with E-state index in [0.717, 1.165) is 40.6 Å². The fraction of sp³-hybridized carbons (Fsp3) is 0.471. The monoisotopic (exact) mass is 378 g/mol. The first-order valence-corrected chi connectivity index (χ1v) is 8.68. The summed E-state index contributed by atoms with van der Waals surface area (Å²) in [6.45, 7) is 1.70. The van der Waals surface area contributed by atoms with Crippen LogP contribution >= 0.6 is 15.9 Å². The molecule has 0 unspecified atom stereocenters. The summed E-state index contributed by atoms with van der Waals surface area (Å²) in [6, 6.07) is 5.53. The van der Waals surface area contributed by atoms with Crippen LogP contribution in [0.2, 0.25) is 0 Å². The Morgan fingerprint density at radius 1 is 1.22 bits per heavy atom. The maximum absolute atomic E-state index is 12.4. The molecule has 1 aromatic rings. The van der Waals surface area contributed by atoms with Gasteiger partial charge in [-0.3, -0.25) is 19.3 Å². The van der Waals surface area contributed by atoms with Gasteiger partial charge in [0.2, 0.25) is 17.7 Å². The third-order valence-electron chi connectivity index (χ3n) is 4.70. The van der Waals surface area contributed by atoms with Crippen molar-refractivity contribution in [1.29, 1.82) is 0 Å². The Balaban J connectivity index is 1.68. The molecule has 3 amide bonds. The molecule has 1 saturated heterocycles. The van der Waals surface area contributed by atoms with Crippen LogP contribution in [-0.4, -0.2) is 29.2 Å². The van der Waals surface area contributed by atoms with Crippen LogP contribution in [0.5, 0.6) is 0 Å². The van der Waals surface area contributed by atoms with Gasteiger partial charge in [-0.1, -0.05) is 28.8 Å². The Kier molecular flexibility index (Phi) is 4.53. The minimum absolute atomic E-state index is 0.178. The second-order valence-electron chi connectivity index (χ2n) is 6.27. The Labute approximate surface area is 143 Å². The number of anilines is 1. The molecule has 6 heteroatoms. The van der Waals surface area contributed by atoms with E-state index in [2.05, 4.69) is 21.2 Å². The summed E-state index contributed by atoms with van der Waals surface area (Å²) in [4.78, 5) is 38.1. The summed E-state index contributed by atoms with van der Waals surface area (Å²) in [5.74, 6) is -1.11. The third kappa shape index (κ3) is 3.17. The summed E-state index contributed by atoms with van der Waals surface area (Å²) in [7, 11) is 0. The number of aryl methyl sites for hydroxylation is 1. The second-order valence-corrected chi connectivity index (χ2v) is 7.18. The van der Waals surface area contributed by atoms with Crippen molar-refractivity contribution in [1.82, 2.24) is 4.90 Å². The molecule has 1 heterocycles. The van der Waals surface area contributed by atoms with Crippen LogP contribution in [0.4, 0.5) is 5.69 Å². The number of nitrogens with one attached hydrogen (secondary N) is 1. The molecule has 23 heavy (non-hydrogen) atoms. The Bertz CT molecular complexity index is 650. The average molecular weight is 379 g/mol. The predicted octanol–water partition coefficient (Wildman–Crippen LogP) is 2.87. The van der Waals surface area contributed by atoms with Crippen molar-refractivity contribution in [3.8, 4) is 0 Å². The zero-order chi connectivity index (χ0) is 16.6. The number of amides is 3. The molecule has 2 atom stereocenters. The first-order chi connectivity index (χ1) is 11.0. The fourth-order valence-electron chi connectivity index (χ4n) is 3.49. The number of rotatable bonds is 3. The molecule has 1 aliphatic heterocycles. The number of halogens is 1. The normalized spacial score (nSPS) is 23.8. The highest BCUT2D eigenvalue weighted by atomic mass is 79.9. The highest BCUT2D eigenvalue weighted by molar-refractivity contribution is 9.10. The maximum Gasteiger partial charge on any atom is 0.244 e. The van der Waals surface area contributed by atoms with E-state index in [1.165, 1.54) is 0 Å². The molecule has 1 aliphatic carbocycles. The lowest BCUT2D eigenvalue weighted by molar-refractivity contribution is -0.142. The zero-order valence-corrected chi connectivity index (χ0v) is 14.6. The van der Waals surface area contributed by atoms with Crippen LogP contribution in [0.1, 0.15) is 31.2 Å². The number of nitrogens with zero attached hydrogens (tertiary/aromatic N) is 1. The Hall–Kier alpha value is -1.69. The van der Waals surface area contributed by atoms with E-state index in [1.54, 1.807) is 6.07 Å². The van der Waals surface area contributed by atoms with Gasteiger partial charge < -0.3 is 5.32 Å². The molecule has 0 bridgehead atoms. The summed E-state index contributed by atoms with van der Waals surface area (Å²) >= 11 is 3.37. The standard InChI is InChI=1S/C17H19BrN2O3/c1-10-8-11(18)6-7-14(10)19-15(21)9-20-16(22)12-4-2-3-5-13(12)17(20)23/h6-8,12-13H,2-5,9H2,1H3,(H,19,21)/t12-,13-/m0/s1. The average Bonchev–Trinajstić information content (AvgIpc) is 2.76. The summed E-state index contributed by atoms with van der Waals surface area (Å²) in [6.07, 6.45) is 3.50. The topological polar surface area (TPSA) is 66.5 Å². The number of imide groups is 1. The molecular weight excluding hydrogens is 360 g/mol. The number of carbonyl (C=O) groups is 3. The second kappa shape index (κ2) is 6.43. The van der Waals surface area contributed by atoms with Crippen molar-refractivity contribution in [2.45, 2.75) is 32.6 Å². The third-order valence-corrected chi connectivity index (χ3v) is 5.19. The summed E-state index contributed by atoms with van der Waals surface area (Å²) < 4.78 is 0.932. The highest BCUT2D eigenvalue weighted by Crippen LogP contribution is 2.37. The number of fused-ring (bicyclic) bond motifs is 1. The van der Waals surface area contributed by atoms with Crippen LogP contribution in [0.25, 0.3) is 0 Å². The van der Waals surface area contributed by atoms with Crippen LogP contribution in [0.3, 0.4) is 0 Å². The number of hydrogen-bond acceptors (Lipinski definition) is 3. The van der Waals surface area contributed by atoms with Gasteiger partial charge in [-0.15, -0.1) is 0 Å². The molecule has 122 valence electrons. The lowest BCUT2D eigenvalue weighted by atomic mass is 9.81. The molecule has 2 aliphatic rings. The smallest absolute Gasteiger partial charge is 0.244 e. The molecular formula is C17H19BrN2O3. The van der Waals surface area contributed by atoms with Gasteiger partial charge >= 0.3 is 0 Å². The van der Waals surface area contributed by atoms with Crippen molar-refractivity contribution in [3.05, 3.63) is 28.2 Å². The van der Waals surface area contributed by atoms with Gasteiger partial charge in [0.1, 0.15) is 6.54 Å². The molecule has 1 aromatic carbocycles. The quantitative estimate of drug-likeness (QED) is 0.822. The van der Waals surface area contributed by atoms with E-state index in [9.17, 15) is 14.4 Å². The number of carbonyl (C=O) groups excluding carboxylic acids is 3. The van der Waals surface area contributed by atoms with E-state index in [1.807, 2.05) is 19.1 Å². The lowest BCUT2D eigenvalue weighted by Crippen LogP contribution is -2.38. The zero-order valence-electron chi connectivity index (χ0n) is 13.0. The molecule has 0 spiro atoms. The van der Waals surface area contributed by atoms with Gasteiger partial charge in [0.05, 0.1) is 11.8 Å². The fourth-order valence-corrected chi connectivity index (χ4v) is 3.96. The number of likely N-dealkylation sites (tertiary alicyclic amines) is 1. The molecule has 2 fully saturated rings. The van der Waals surface area contributed by atoms with E-state index in [0.29, 0.717) is 5.69 Å². The van der Waals surface area contributed by atoms with Gasteiger partial charge in [-0.05, 0) is 43.5 Å². The largest absolute Gasteiger partial charge is 0.324 e. The van der Waals surface area contributed by atoms with Gasteiger partial charge in [-0.25, -0.2) is 0 Å². The van der Waals surface area contributed by atoms with E-state index >= 15 is 0 Å². The minimum Gasteiger partial charge on any atom is -0.324 e. The molecule has 3 rings (SSSR count). The van der Waals surface area contributed by atoms with Crippen LogP contribution < -0.4 is 5.32 Å². The SMILES string of the molecule is Cc1cc(Br)ccc1NC(=O)CN1C(=O)[C@H]2CCCC[C@@H]2C1=O. The van der Waals surface area contributed by atoms with E-state index in [-0.39, 0.29) is 36.1 Å². The van der Waals surface area contributed by atoms with Crippen molar-refractivity contribution < 1.29 is 14.4 Å². The van der Waals surface area contributed by atoms with Crippen LogP contribution in [0.15, 0.2) is 22.7 Å². The first-order valence-electron chi connectivity index (χ1n) is 7.88. The molecule has 1 saturated carbocycles. The Morgan fingerprint density at radius 3 is 2.39 bits per heavy atom. The van der Waals surface area contributed by atoms with Gasteiger partial charge in [-0.2, -0.15) is 0 Å². The number of benzene rings is 1. The summed E-state index contributed by atoms with van der Waals surface area (Å²) in [5.41, 5.74) is 1.61. The molecule has 1 N–H and O–H groups in total. The van der Waals surface area contributed by atoms with Gasteiger partial charge in [0.25, 0.3) is 0 Å². The minimum atomic E-state index is -0.337. The summed E-state index contributed by atoms with van der Waals surface area (Å²) in [5, 5.41) is 2.78. The van der Waals surface area contributed by atoms with Crippen molar-refractivity contribution in [3.63, 3.8) is 0 Å². The number of hydrogen-bond donors (Lipinski definition) is 1. The predicted molar refractivity (Wildman–Crippen MR) is 89.7 cm³/mol. The van der Waals surface area contributed by atoms with Crippen molar-refractivity contribution >= 4 is 39.3 Å². The van der Waals surface area contributed by atoms with E-state index < -0.39 is 0 Å². The molecule has 0 aromatic heterocycles. The van der Waals surface area contributed by atoms with Crippen molar-refractivity contribution in [2.75, 3.05) is 11.9 Å². The maximum atomic E-state index is 12.4. The lowest BCUT2D eigenvalue weighted by Gasteiger charge is -2.19. The first kappa shape index (κ1) is 16.2. The van der Waals surface area contributed by atoms with Crippen molar-refractivity contribution in [2.24, 2.45) is 11.8 Å². The molecule has 5 nitrogen and oxygen atoms in total. The van der Waals surface area contributed by atoms with E-state index in [4.69, 9.17) is 0 Å². The van der Waals surface area contributed by atoms with Gasteiger partial charge in [0, 0.05) is 10.2 Å². The highest BCUT2D eigenvalue weighted by Gasteiger charge is 2.48. The van der Waals surface area contributed by atoms with Crippen LogP contribution in [-0.2, 0) is 14.4 Å². The van der Waals surface area contributed by atoms with Gasteiger partial charge in [0.15, 0.2) is 0 Å². The molecule has 0 radical (unpaired) electrons. The van der Waals surface area contributed by atoms with Crippen LogP contribution in [0, 0.1) is 18.8 Å².